The maximum atomic E-state index is 12.3. The average molecular weight is 347 g/mol. The molecule has 6 nitrogen and oxygen atoms in total. The number of hydrogen-bond acceptors (Lipinski definition) is 4. The van der Waals surface area contributed by atoms with E-state index in [1.807, 2.05) is 18.2 Å². The zero-order valence-electron chi connectivity index (χ0n) is 15.0. The molecule has 1 aliphatic rings. The van der Waals surface area contributed by atoms with E-state index in [0.717, 1.165) is 32.5 Å². The lowest BCUT2D eigenvalue weighted by atomic mass is 9.96. The van der Waals surface area contributed by atoms with Crippen LogP contribution in [-0.4, -0.2) is 56.6 Å². The maximum Gasteiger partial charge on any atom is 0.224 e. The summed E-state index contributed by atoms with van der Waals surface area (Å²) in [6.45, 7) is 4.07. The van der Waals surface area contributed by atoms with Crippen LogP contribution in [0.5, 0.6) is 0 Å². The molecule has 0 aromatic heterocycles. The number of carbonyl (C=O) groups excluding carboxylic acids is 2. The second-order valence-electron chi connectivity index (χ2n) is 6.44. The fourth-order valence-electron chi connectivity index (χ4n) is 3.08. The lowest BCUT2D eigenvalue weighted by Crippen LogP contribution is -2.43. The summed E-state index contributed by atoms with van der Waals surface area (Å²) < 4.78 is 4.88. The van der Waals surface area contributed by atoms with E-state index in [4.69, 9.17) is 4.74 Å². The Balaban J connectivity index is 1.68. The molecule has 1 heterocycles. The first-order chi connectivity index (χ1) is 12.2. The monoisotopic (exact) mass is 347 g/mol. The van der Waals surface area contributed by atoms with Crippen molar-refractivity contribution in [2.24, 2.45) is 5.92 Å². The Bertz CT molecular complexity index is 536. The third kappa shape index (κ3) is 7.23. The van der Waals surface area contributed by atoms with E-state index in [1.165, 1.54) is 5.56 Å². The number of methoxy groups -OCH3 is 1. The summed E-state index contributed by atoms with van der Waals surface area (Å²) in [5.41, 5.74) is 1.27. The maximum absolute atomic E-state index is 12.3. The minimum atomic E-state index is -0.0632. The predicted molar refractivity (Wildman–Crippen MR) is 97.0 cm³/mol. The van der Waals surface area contributed by atoms with Crippen LogP contribution in [0.3, 0.4) is 0 Å². The Kier molecular flexibility index (Phi) is 8.42. The smallest absolute Gasteiger partial charge is 0.224 e. The summed E-state index contributed by atoms with van der Waals surface area (Å²) in [7, 11) is 1.59. The summed E-state index contributed by atoms with van der Waals surface area (Å²) in [5, 5.41) is 5.65. The van der Waals surface area contributed by atoms with Crippen molar-refractivity contribution in [2.75, 3.05) is 39.9 Å². The molecule has 1 atom stereocenters. The summed E-state index contributed by atoms with van der Waals surface area (Å²) in [6, 6.07) is 10.3. The summed E-state index contributed by atoms with van der Waals surface area (Å²) in [6.07, 6.45) is 2.25. The molecule has 6 heteroatoms. The molecule has 1 aromatic rings. The largest absolute Gasteiger partial charge is 0.383 e. The van der Waals surface area contributed by atoms with Crippen molar-refractivity contribution in [1.82, 2.24) is 15.5 Å². The molecule has 2 N–H and O–H groups in total. The van der Waals surface area contributed by atoms with Gasteiger partial charge in [-0.3, -0.25) is 14.5 Å². The van der Waals surface area contributed by atoms with Gasteiger partial charge in [-0.15, -0.1) is 0 Å². The highest BCUT2D eigenvalue weighted by Crippen LogP contribution is 2.18. The average Bonchev–Trinajstić information content (AvgIpc) is 2.63. The van der Waals surface area contributed by atoms with Crippen LogP contribution in [0, 0.1) is 5.92 Å². The summed E-state index contributed by atoms with van der Waals surface area (Å²) in [5.74, 6) is 0.00293. The molecule has 1 aromatic carbocycles. The molecule has 1 unspecified atom stereocenters. The number of ether oxygens (including phenoxy) is 1. The minimum absolute atomic E-state index is 0.00835. The standard InChI is InChI=1S/C19H29N3O3/c1-25-13-11-20-18(23)9-10-21-19(24)17-8-5-12-22(15-17)14-16-6-3-2-4-7-16/h2-4,6-7,17H,5,8-15H2,1H3,(H,20,23)(H,21,24). The number of piperidine rings is 1. The Morgan fingerprint density at radius 1 is 1.20 bits per heavy atom. The molecule has 0 aliphatic carbocycles. The van der Waals surface area contributed by atoms with Gasteiger partial charge in [-0.05, 0) is 24.9 Å². The molecular formula is C19H29N3O3. The number of rotatable bonds is 9. The normalized spacial score (nSPS) is 17.9. The Hall–Kier alpha value is -1.92. The fourth-order valence-corrected chi connectivity index (χ4v) is 3.08. The molecule has 2 rings (SSSR count). The zero-order valence-corrected chi connectivity index (χ0v) is 15.0. The number of nitrogens with one attached hydrogen (secondary N) is 2. The van der Waals surface area contributed by atoms with E-state index in [1.54, 1.807) is 7.11 Å². The van der Waals surface area contributed by atoms with Gasteiger partial charge in [-0.25, -0.2) is 0 Å². The first kappa shape index (κ1) is 19.4. The molecule has 1 saturated heterocycles. The van der Waals surface area contributed by atoms with Crippen LogP contribution in [-0.2, 0) is 20.9 Å². The number of carbonyl (C=O) groups is 2. The molecule has 0 spiro atoms. The van der Waals surface area contributed by atoms with Crippen molar-refractivity contribution >= 4 is 11.8 Å². The van der Waals surface area contributed by atoms with E-state index in [2.05, 4.69) is 27.7 Å². The first-order valence-electron chi connectivity index (χ1n) is 8.98. The third-order valence-electron chi connectivity index (χ3n) is 4.40. The molecule has 0 bridgehead atoms. The lowest BCUT2D eigenvalue weighted by Gasteiger charge is -2.32. The van der Waals surface area contributed by atoms with E-state index >= 15 is 0 Å². The highest BCUT2D eigenvalue weighted by atomic mass is 16.5. The molecule has 1 aliphatic heterocycles. The Labute approximate surface area is 149 Å². The molecule has 0 saturated carbocycles. The van der Waals surface area contributed by atoms with Crippen LogP contribution in [0.4, 0.5) is 0 Å². The van der Waals surface area contributed by atoms with Crippen LogP contribution in [0.1, 0.15) is 24.8 Å². The Morgan fingerprint density at radius 2 is 2.00 bits per heavy atom. The third-order valence-corrected chi connectivity index (χ3v) is 4.40. The second kappa shape index (κ2) is 10.8. The topological polar surface area (TPSA) is 70.7 Å². The molecule has 2 amide bonds. The quantitative estimate of drug-likeness (QED) is 0.658. The van der Waals surface area contributed by atoms with E-state index in [0.29, 0.717) is 26.1 Å². The first-order valence-corrected chi connectivity index (χ1v) is 8.98. The van der Waals surface area contributed by atoms with Crippen molar-refractivity contribution in [3.63, 3.8) is 0 Å². The van der Waals surface area contributed by atoms with Gasteiger partial charge in [0.15, 0.2) is 0 Å². The number of likely N-dealkylation sites (tertiary alicyclic amines) is 1. The van der Waals surface area contributed by atoms with Gasteiger partial charge >= 0.3 is 0 Å². The van der Waals surface area contributed by atoms with E-state index in [9.17, 15) is 9.59 Å². The van der Waals surface area contributed by atoms with Crippen LogP contribution in [0.2, 0.25) is 0 Å². The fraction of sp³-hybridized carbons (Fsp3) is 0.579. The van der Waals surface area contributed by atoms with Gasteiger partial charge in [0.05, 0.1) is 12.5 Å². The predicted octanol–water partition coefficient (Wildman–Crippen LogP) is 1.17. The molecule has 25 heavy (non-hydrogen) atoms. The minimum Gasteiger partial charge on any atom is -0.383 e. The highest BCUT2D eigenvalue weighted by Gasteiger charge is 2.25. The van der Waals surface area contributed by atoms with Crippen molar-refractivity contribution in [3.05, 3.63) is 35.9 Å². The van der Waals surface area contributed by atoms with Crippen molar-refractivity contribution in [1.29, 1.82) is 0 Å². The zero-order chi connectivity index (χ0) is 17.9. The van der Waals surface area contributed by atoms with Crippen LogP contribution in [0.25, 0.3) is 0 Å². The van der Waals surface area contributed by atoms with Gasteiger partial charge in [0.25, 0.3) is 0 Å². The van der Waals surface area contributed by atoms with Crippen LogP contribution < -0.4 is 10.6 Å². The summed E-state index contributed by atoms with van der Waals surface area (Å²) in [4.78, 5) is 26.3. The van der Waals surface area contributed by atoms with Crippen molar-refractivity contribution < 1.29 is 14.3 Å². The van der Waals surface area contributed by atoms with Crippen LogP contribution in [0.15, 0.2) is 30.3 Å². The number of nitrogens with zero attached hydrogens (tertiary/aromatic N) is 1. The number of amides is 2. The van der Waals surface area contributed by atoms with Gasteiger partial charge in [-0.1, -0.05) is 30.3 Å². The van der Waals surface area contributed by atoms with Crippen molar-refractivity contribution in [2.45, 2.75) is 25.8 Å². The van der Waals surface area contributed by atoms with Gasteiger partial charge in [0, 0.05) is 39.7 Å². The van der Waals surface area contributed by atoms with Crippen molar-refractivity contribution in [3.8, 4) is 0 Å². The molecule has 138 valence electrons. The van der Waals surface area contributed by atoms with Gasteiger partial charge in [0.2, 0.25) is 11.8 Å². The van der Waals surface area contributed by atoms with Gasteiger partial charge in [-0.2, -0.15) is 0 Å². The summed E-state index contributed by atoms with van der Waals surface area (Å²) >= 11 is 0. The highest BCUT2D eigenvalue weighted by molar-refractivity contribution is 5.80. The SMILES string of the molecule is COCCNC(=O)CCNC(=O)C1CCCN(Cc2ccccc2)C1. The van der Waals surface area contributed by atoms with E-state index < -0.39 is 0 Å². The molecular weight excluding hydrogens is 318 g/mol. The Morgan fingerprint density at radius 3 is 2.76 bits per heavy atom. The van der Waals surface area contributed by atoms with E-state index in [-0.39, 0.29) is 17.7 Å². The van der Waals surface area contributed by atoms with Gasteiger partial charge < -0.3 is 15.4 Å². The van der Waals surface area contributed by atoms with Gasteiger partial charge in [0.1, 0.15) is 0 Å². The van der Waals surface area contributed by atoms with Crippen LogP contribution >= 0.6 is 0 Å². The number of hydrogen-bond donors (Lipinski definition) is 2. The lowest BCUT2D eigenvalue weighted by molar-refractivity contribution is -0.127. The second-order valence-corrected chi connectivity index (χ2v) is 6.44. The molecule has 0 radical (unpaired) electrons. The molecule has 1 fully saturated rings. The number of benzene rings is 1.